The predicted octanol–water partition coefficient (Wildman–Crippen LogP) is 3.03. The number of hydrogen-bond acceptors (Lipinski definition) is 5. The summed E-state index contributed by atoms with van der Waals surface area (Å²) in [4.78, 5) is 4.36. The van der Waals surface area contributed by atoms with Crippen LogP contribution in [0.3, 0.4) is 0 Å². The molecule has 1 aliphatic rings. The molecule has 0 bridgehead atoms. The van der Waals surface area contributed by atoms with E-state index in [2.05, 4.69) is 30.4 Å². The van der Waals surface area contributed by atoms with Crippen LogP contribution in [0.4, 0.5) is 11.4 Å². The highest BCUT2D eigenvalue weighted by atomic mass is 79.9. The lowest BCUT2D eigenvalue weighted by atomic mass is 10.1. The van der Waals surface area contributed by atoms with Gasteiger partial charge in [0.25, 0.3) is 10.1 Å². The third-order valence-electron chi connectivity index (χ3n) is 3.02. The number of nitrogens with zero attached hydrogens (tertiary/aromatic N) is 1. The van der Waals surface area contributed by atoms with E-state index in [1.54, 1.807) is 0 Å². The Morgan fingerprint density at radius 2 is 2.15 bits per heavy atom. The summed E-state index contributed by atoms with van der Waals surface area (Å²) in [6, 6.07) is 9.64. The van der Waals surface area contributed by atoms with Crippen molar-refractivity contribution < 1.29 is 12.6 Å². The summed E-state index contributed by atoms with van der Waals surface area (Å²) >= 11 is 3.44. The summed E-state index contributed by atoms with van der Waals surface area (Å²) in [5, 5.41) is 5.07. The number of anilines is 1. The lowest BCUT2D eigenvalue weighted by Crippen LogP contribution is -2.25. The third-order valence-corrected chi connectivity index (χ3v) is 4.61. The average molecular weight is 355 g/mol. The second-order valence-corrected chi connectivity index (χ2v) is 7.03. The Kier molecular flexibility index (Phi) is 3.27. The van der Waals surface area contributed by atoms with E-state index in [1.165, 1.54) is 0 Å². The number of hydrogen-bond donors (Lipinski definition) is 1. The van der Waals surface area contributed by atoms with Gasteiger partial charge in [-0.15, -0.1) is 0 Å². The first-order chi connectivity index (χ1) is 9.48. The van der Waals surface area contributed by atoms with E-state index in [1.807, 2.05) is 30.3 Å². The van der Waals surface area contributed by atoms with Crippen LogP contribution in [0.5, 0.6) is 0 Å². The smallest absolute Gasteiger partial charge is 0.274 e. The van der Waals surface area contributed by atoms with E-state index in [0.29, 0.717) is 5.84 Å². The number of nitrogens with one attached hydrogen (secondary N) is 1. The summed E-state index contributed by atoms with van der Waals surface area (Å²) in [5.74, 6) is 0.0659. The van der Waals surface area contributed by atoms with Gasteiger partial charge >= 0.3 is 0 Å². The van der Waals surface area contributed by atoms with Crippen LogP contribution in [0.15, 0.2) is 39.8 Å². The molecule has 0 saturated heterocycles. The van der Waals surface area contributed by atoms with Crippen LogP contribution in [0.25, 0.3) is 10.8 Å². The molecule has 2 aromatic carbocycles. The zero-order valence-electron chi connectivity index (χ0n) is 10.6. The molecule has 2 aromatic rings. The summed E-state index contributed by atoms with van der Waals surface area (Å²) in [6.45, 7) is 0. The molecule has 1 aliphatic heterocycles. The van der Waals surface area contributed by atoms with Gasteiger partial charge in [-0.05, 0) is 23.6 Å². The maximum atomic E-state index is 11.5. The molecule has 1 heterocycles. The van der Waals surface area contributed by atoms with Gasteiger partial charge in [0.1, 0.15) is 11.6 Å². The van der Waals surface area contributed by atoms with Crippen molar-refractivity contribution in [2.24, 2.45) is 4.99 Å². The van der Waals surface area contributed by atoms with Crippen molar-refractivity contribution >= 4 is 54.0 Å². The minimum atomic E-state index is -3.61. The van der Waals surface area contributed by atoms with E-state index in [9.17, 15) is 8.42 Å². The summed E-state index contributed by atoms with van der Waals surface area (Å²) in [5.41, 5.74) is 1.59. The molecule has 0 aliphatic carbocycles. The first-order valence-electron chi connectivity index (χ1n) is 5.84. The van der Waals surface area contributed by atoms with E-state index in [0.717, 1.165) is 33.7 Å². The lowest BCUT2D eigenvalue weighted by Gasteiger charge is -2.19. The fraction of sp³-hybridized carbons (Fsp3) is 0.154. The van der Waals surface area contributed by atoms with Gasteiger partial charge in [0.2, 0.25) is 0 Å². The van der Waals surface area contributed by atoms with Gasteiger partial charge in [-0.2, -0.15) is 8.42 Å². The average Bonchev–Trinajstić information content (AvgIpc) is 2.37. The van der Waals surface area contributed by atoms with Crippen molar-refractivity contribution in [2.75, 3.05) is 18.2 Å². The molecule has 0 aromatic heterocycles. The molecule has 1 N–H and O–H groups in total. The van der Waals surface area contributed by atoms with Gasteiger partial charge in [-0.3, -0.25) is 4.18 Å². The van der Waals surface area contributed by atoms with Crippen molar-refractivity contribution in [1.29, 1.82) is 0 Å². The summed E-state index contributed by atoms with van der Waals surface area (Å²) < 4.78 is 28.5. The second kappa shape index (κ2) is 4.83. The molecule has 0 unspecified atom stereocenters. The normalized spacial score (nSPS) is 14.0. The standard InChI is InChI=1S/C13H11BrN2O3S/c1-19-20(17,18)7-12-15-10-4-2-3-8-5-9(14)6-11(16-12)13(8)10/h2-6H,7H2,1H3,(H,15,16). The predicted molar refractivity (Wildman–Crippen MR) is 83.2 cm³/mol. The molecular weight excluding hydrogens is 344 g/mol. The molecule has 0 radical (unpaired) electrons. The van der Waals surface area contributed by atoms with E-state index < -0.39 is 10.1 Å². The molecule has 7 heteroatoms. The topological polar surface area (TPSA) is 67.8 Å². The third kappa shape index (κ3) is 2.44. The van der Waals surface area contributed by atoms with Crippen molar-refractivity contribution in [3.8, 4) is 0 Å². The Labute approximate surface area is 124 Å². The number of aliphatic imine (C=N–C) groups is 1. The van der Waals surface area contributed by atoms with Crippen LogP contribution in [-0.4, -0.2) is 27.1 Å². The Morgan fingerprint density at radius 3 is 2.90 bits per heavy atom. The first-order valence-corrected chi connectivity index (χ1v) is 8.21. The van der Waals surface area contributed by atoms with Crippen molar-refractivity contribution in [3.05, 3.63) is 34.8 Å². The largest absolute Gasteiger partial charge is 0.342 e. The van der Waals surface area contributed by atoms with Crippen LogP contribution in [0.1, 0.15) is 0 Å². The van der Waals surface area contributed by atoms with Gasteiger partial charge in [-0.25, -0.2) is 4.99 Å². The Balaban J connectivity index is 2.13. The summed E-state index contributed by atoms with van der Waals surface area (Å²) in [6.07, 6.45) is 0. The van der Waals surface area contributed by atoms with Gasteiger partial charge in [0.15, 0.2) is 0 Å². The number of halogens is 1. The van der Waals surface area contributed by atoms with Crippen molar-refractivity contribution in [2.45, 2.75) is 0 Å². The Bertz CT molecular complexity index is 831. The van der Waals surface area contributed by atoms with Crippen LogP contribution in [0, 0.1) is 0 Å². The van der Waals surface area contributed by atoms with Gasteiger partial charge < -0.3 is 5.32 Å². The molecule has 20 heavy (non-hydrogen) atoms. The monoisotopic (exact) mass is 354 g/mol. The lowest BCUT2D eigenvalue weighted by molar-refractivity contribution is 0.401. The fourth-order valence-corrected chi connectivity index (χ4v) is 3.25. The first kappa shape index (κ1) is 13.5. The van der Waals surface area contributed by atoms with E-state index in [-0.39, 0.29) is 5.75 Å². The second-order valence-electron chi connectivity index (χ2n) is 4.38. The minimum absolute atomic E-state index is 0.286. The highest BCUT2D eigenvalue weighted by Gasteiger charge is 2.20. The Morgan fingerprint density at radius 1 is 1.35 bits per heavy atom. The maximum Gasteiger partial charge on any atom is 0.274 e. The van der Waals surface area contributed by atoms with Crippen molar-refractivity contribution in [1.82, 2.24) is 0 Å². The van der Waals surface area contributed by atoms with Gasteiger partial charge in [0, 0.05) is 9.86 Å². The molecule has 3 rings (SSSR count). The molecule has 0 spiro atoms. The van der Waals surface area contributed by atoms with Crippen LogP contribution < -0.4 is 5.32 Å². The highest BCUT2D eigenvalue weighted by Crippen LogP contribution is 2.37. The number of amidine groups is 1. The molecule has 104 valence electrons. The number of benzene rings is 2. The molecular formula is C13H11BrN2O3S. The molecule has 0 atom stereocenters. The molecule has 0 saturated carbocycles. The van der Waals surface area contributed by atoms with Crippen LogP contribution >= 0.6 is 15.9 Å². The quantitative estimate of drug-likeness (QED) is 0.860. The number of rotatable bonds is 3. The Hall–Kier alpha value is -1.44. The van der Waals surface area contributed by atoms with Crippen molar-refractivity contribution in [3.63, 3.8) is 0 Å². The van der Waals surface area contributed by atoms with E-state index >= 15 is 0 Å². The summed E-state index contributed by atoms with van der Waals surface area (Å²) in [7, 11) is -2.46. The zero-order valence-corrected chi connectivity index (χ0v) is 13.0. The molecule has 5 nitrogen and oxygen atoms in total. The van der Waals surface area contributed by atoms with Crippen LogP contribution in [0.2, 0.25) is 0 Å². The maximum absolute atomic E-state index is 11.5. The molecule has 0 amide bonds. The zero-order chi connectivity index (χ0) is 14.3. The van der Waals surface area contributed by atoms with Crippen LogP contribution in [-0.2, 0) is 14.3 Å². The fourth-order valence-electron chi connectivity index (χ4n) is 2.19. The highest BCUT2D eigenvalue weighted by molar-refractivity contribution is 9.10. The van der Waals surface area contributed by atoms with Gasteiger partial charge in [0.05, 0.1) is 18.5 Å². The molecule has 0 fully saturated rings. The van der Waals surface area contributed by atoms with Gasteiger partial charge in [-0.1, -0.05) is 28.1 Å². The SMILES string of the molecule is COS(=O)(=O)CC1=Nc2cccc3cc(Br)cc(c23)N1. The minimum Gasteiger partial charge on any atom is -0.342 e. The van der Waals surface area contributed by atoms with E-state index in [4.69, 9.17) is 0 Å².